The summed E-state index contributed by atoms with van der Waals surface area (Å²) >= 11 is 0. The third kappa shape index (κ3) is 2.83. The van der Waals surface area contributed by atoms with E-state index in [2.05, 4.69) is 39.2 Å². The van der Waals surface area contributed by atoms with Crippen molar-refractivity contribution in [2.45, 2.75) is 51.5 Å². The third-order valence-corrected chi connectivity index (χ3v) is 4.05. The molecule has 0 spiro atoms. The zero-order valence-corrected chi connectivity index (χ0v) is 11.7. The van der Waals surface area contributed by atoms with Crippen LogP contribution >= 0.6 is 0 Å². The Morgan fingerprint density at radius 1 is 1.33 bits per heavy atom. The van der Waals surface area contributed by atoms with E-state index in [0.717, 1.165) is 37.7 Å². The lowest BCUT2D eigenvalue weighted by Gasteiger charge is -2.30. The molecule has 1 fully saturated rings. The average molecular weight is 251 g/mol. The Balaban J connectivity index is 1.98. The van der Waals surface area contributed by atoms with Gasteiger partial charge < -0.3 is 10.2 Å². The molecule has 0 saturated carbocycles. The van der Waals surface area contributed by atoms with Gasteiger partial charge in [0.15, 0.2) is 0 Å². The SMILES string of the molecule is CCC(CC)c1nc(N2CCC(NC)CC2)n[nH]1. The van der Waals surface area contributed by atoms with Gasteiger partial charge in [0.2, 0.25) is 5.95 Å². The molecule has 0 bridgehead atoms. The summed E-state index contributed by atoms with van der Waals surface area (Å²) in [6.07, 6.45) is 4.58. The maximum Gasteiger partial charge on any atom is 0.244 e. The molecule has 0 unspecified atom stereocenters. The molecule has 0 aliphatic carbocycles. The van der Waals surface area contributed by atoms with Crippen LogP contribution in [0.4, 0.5) is 5.95 Å². The Kier molecular flexibility index (Phi) is 4.58. The third-order valence-electron chi connectivity index (χ3n) is 4.05. The number of rotatable bonds is 5. The number of hydrogen-bond acceptors (Lipinski definition) is 4. The van der Waals surface area contributed by atoms with Gasteiger partial charge >= 0.3 is 0 Å². The van der Waals surface area contributed by atoms with Crippen LogP contribution in [0.1, 0.15) is 51.3 Å². The summed E-state index contributed by atoms with van der Waals surface area (Å²) in [7, 11) is 2.04. The molecule has 1 aromatic rings. The van der Waals surface area contributed by atoms with Gasteiger partial charge in [0.05, 0.1) is 0 Å². The molecule has 1 aromatic heterocycles. The Bertz CT molecular complexity index is 350. The van der Waals surface area contributed by atoms with Crippen molar-refractivity contribution in [2.24, 2.45) is 0 Å². The molecule has 5 heteroatoms. The first-order valence-corrected chi connectivity index (χ1v) is 7.13. The topological polar surface area (TPSA) is 56.8 Å². The van der Waals surface area contributed by atoms with E-state index in [4.69, 9.17) is 0 Å². The van der Waals surface area contributed by atoms with E-state index < -0.39 is 0 Å². The Morgan fingerprint density at radius 3 is 2.56 bits per heavy atom. The van der Waals surface area contributed by atoms with Crippen molar-refractivity contribution in [1.29, 1.82) is 0 Å². The van der Waals surface area contributed by atoms with Crippen molar-refractivity contribution in [3.63, 3.8) is 0 Å². The van der Waals surface area contributed by atoms with Gasteiger partial charge in [-0.1, -0.05) is 13.8 Å². The summed E-state index contributed by atoms with van der Waals surface area (Å²) in [5.41, 5.74) is 0. The molecule has 1 aliphatic rings. The maximum absolute atomic E-state index is 4.67. The summed E-state index contributed by atoms with van der Waals surface area (Å²) < 4.78 is 0. The molecule has 102 valence electrons. The number of nitrogens with one attached hydrogen (secondary N) is 2. The van der Waals surface area contributed by atoms with Gasteiger partial charge in [0.25, 0.3) is 0 Å². The number of hydrogen-bond donors (Lipinski definition) is 2. The number of piperidine rings is 1. The maximum atomic E-state index is 4.67. The van der Waals surface area contributed by atoms with Crippen LogP contribution in [-0.4, -0.2) is 41.4 Å². The fraction of sp³-hybridized carbons (Fsp3) is 0.846. The van der Waals surface area contributed by atoms with Crippen LogP contribution in [-0.2, 0) is 0 Å². The molecule has 2 heterocycles. The highest BCUT2D eigenvalue weighted by Gasteiger charge is 2.21. The fourth-order valence-corrected chi connectivity index (χ4v) is 2.63. The van der Waals surface area contributed by atoms with E-state index in [1.165, 1.54) is 12.8 Å². The molecule has 0 atom stereocenters. The largest absolute Gasteiger partial charge is 0.339 e. The van der Waals surface area contributed by atoms with E-state index in [1.807, 2.05) is 7.05 Å². The molecule has 1 aliphatic heterocycles. The average Bonchev–Trinajstić information content (AvgIpc) is 2.90. The normalized spacial score (nSPS) is 17.7. The Labute approximate surface area is 109 Å². The summed E-state index contributed by atoms with van der Waals surface area (Å²) in [5.74, 6) is 2.44. The molecule has 0 amide bonds. The van der Waals surface area contributed by atoms with E-state index >= 15 is 0 Å². The predicted molar refractivity (Wildman–Crippen MR) is 74.0 cm³/mol. The number of anilines is 1. The first kappa shape index (κ1) is 13.3. The van der Waals surface area contributed by atoms with E-state index in [9.17, 15) is 0 Å². The van der Waals surface area contributed by atoms with Gasteiger partial charge in [-0.25, -0.2) is 0 Å². The van der Waals surface area contributed by atoms with Crippen molar-refractivity contribution < 1.29 is 0 Å². The van der Waals surface area contributed by atoms with Crippen LogP contribution in [0.15, 0.2) is 0 Å². The zero-order valence-electron chi connectivity index (χ0n) is 11.7. The predicted octanol–water partition coefficient (Wildman–Crippen LogP) is 1.90. The fourth-order valence-electron chi connectivity index (χ4n) is 2.63. The van der Waals surface area contributed by atoms with Gasteiger partial charge in [-0.3, -0.25) is 5.10 Å². The van der Waals surface area contributed by atoms with Gasteiger partial charge in [0.1, 0.15) is 5.82 Å². The van der Waals surface area contributed by atoms with E-state index in [0.29, 0.717) is 12.0 Å². The lowest BCUT2D eigenvalue weighted by Crippen LogP contribution is -2.41. The minimum absolute atomic E-state index is 0.515. The van der Waals surface area contributed by atoms with Crippen molar-refractivity contribution in [1.82, 2.24) is 20.5 Å². The molecule has 2 N–H and O–H groups in total. The minimum atomic E-state index is 0.515. The number of aromatic amines is 1. The quantitative estimate of drug-likeness (QED) is 0.839. The Hall–Kier alpha value is -1.10. The summed E-state index contributed by atoms with van der Waals surface area (Å²) in [6.45, 7) is 6.50. The molecule has 0 aromatic carbocycles. The summed E-state index contributed by atoms with van der Waals surface area (Å²) in [5, 5.41) is 10.8. The first-order valence-electron chi connectivity index (χ1n) is 7.13. The lowest BCUT2D eigenvalue weighted by atomic mass is 10.0. The standard InChI is InChI=1S/C13H25N5/c1-4-10(5-2)12-15-13(17-16-12)18-8-6-11(14-3)7-9-18/h10-11,14H,4-9H2,1-3H3,(H,15,16,17). The number of aromatic nitrogens is 3. The summed E-state index contributed by atoms with van der Waals surface area (Å²) in [4.78, 5) is 6.95. The smallest absolute Gasteiger partial charge is 0.244 e. The molecular weight excluding hydrogens is 226 g/mol. The first-order chi connectivity index (χ1) is 8.78. The van der Waals surface area contributed by atoms with Crippen LogP contribution in [0, 0.1) is 0 Å². The van der Waals surface area contributed by atoms with Crippen LogP contribution in [0.3, 0.4) is 0 Å². The lowest BCUT2D eigenvalue weighted by molar-refractivity contribution is 0.439. The van der Waals surface area contributed by atoms with Crippen LogP contribution in [0.2, 0.25) is 0 Å². The Morgan fingerprint density at radius 2 is 2.00 bits per heavy atom. The van der Waals surface area contributed by atoms with E-state index in [-0.39, 0.29) is 0 Å². The monoisotopic (exact) mass is 251 g/mol. The molecule has 1 saturated heterocycles. The van der Waals surface area contributed by atoms with Crippen LogP contribution < -0.4 is 10.2 Å². The molecule has 18 heavy (non-hydrogen) atoms. The number of H-pyrrole nitrogens is 1. The highest BCUT2D eigenvalue weighted by molar-refractivity contribution is 5.30. The van der Waals surface area contributed by atoms with Crippen molar-refractivity contribution in [3.05, 3.63) is 5.82 Å². The molecule has 5 nitrogen and oxygen atoms in total. The highest BCUT2D eigenvalue weighted by atomic mass is 15.4. The minimum Gasteiger partial charge on any atom is -0.339 e. The molecule has 0 radical (unpaired) electrons. The van der Waals surface area contributed by atoms with Crippen LogP contribution in [0.5, 0.6) is 0 Å². The number of nitrogens with zero attached hydrogens (tertiary/aromatic N) is 3. The van der Waals surface area contributed by atoms with E-state index in [1.54, 1.807) is 0 Å². The van der Waals surface area contributed by atoms with Crippen molar-refractivity contribution in [2.75, 3.05) is 25.0 Å². The second kappa shape index (κ2) is 6.18. The van der Waals surface area contributed by atoms with Crippen LogP contribution in [0.25, 0.3) is 0 Å². The zero-order chi connectivity index (χ0) is 13.0. The second-order valence-electron chi connectivity index (χ2n) is 5.08. The van der Waals surface area contributed by atoms with Crippen molar-refractivity contribution >= 4 is 5.95 Å². The molecule has 2 rings (SSSR count). The summed E-state index contributed by atoms with van der Waals surface area (Å²) in [6, 6.07) is 0.652. The molecular formula is C13H25N5. The van der Waals surface area contributed by atoms with Gasteiger partial charge in [0, 0.05) is 25.0 Å². The van der Waals surface area contributed by atoms with Crippen molar-refractivity contribution in [3.8, 4) is 0 Å². The second-order valence-corrected chi connectivity index (χ2v) is 5.08. The highest BCUT2D eigenvalue weighted by Crippen LogP contribution is 2.22. The van der Waals surface area contributed by atoms with Gasteiger partial charge in [-0.2, -0.15) is 4.98 Å². The van der Waals surface area contributed by atoms with Gasteiger partial charge in [-0.15, -0.1) is 5.10 Å². The van der Waals surface area contributed by atoms with Gasteiger partial charge in [-0.05, 0) is 32.7 Å².